The Morgan fingerprint density at radius 1 is 0.404 bits per heavy atom. The Kier molecular flexibility index (Phi) is 5.54. The Labute approximate surface area is 271 Å². The molecule has 0 unspecified atom stereocenters. The van der Waals surface area contributed by atoms with E-state index in [0.29, 0.717) is 0 Å². The quantitative estimate of drug-likeness (QED) is 0.188. The predicted molar refractivity (Wildman–Crippen MR) is 197 cm³/mol. The van der Waals surface area contributed by atoms with Crippen molar-refractivity contribution >= 4 is 77.2 Å². The summed E-state index contributed by atoms with van der Waals surface area (Å²) in [4.78, 5) is 7.80. The molecule has 0 spiro atoms. The molecule has 4 heteroatoms. The van der Waals surface area contributed by atoms with Crippen LogP contribution in [0.25, 0.3) is 65.8 Å². The maximum atomic E-state index is 5.49. The first-order valence-electron chi connectivity index (χ1n) is 16.0. The highest BCUT2D eigenvalue weighted by Gasteiger charge is 2.21. The summed E-state index contributed by atoms with van der Waals surface area (Å²) in [7, 11) is 0. The van der Waals surface area contributed by atoms with Crippen LogP contribution in [-0.2, 0) is 0 Å². The monoisotopic (exact) mass is 600 g/mol. The highest BCUT2D eigenvalue weighted by molar-refractivity contribution is 6.20. The molecule has 0 radical (unpaired) electrons. The van der Waals surface area contributed by atoms with Gasteiger partial charge in [-0.2, -0.15) is 0 Å². The van der Waals surface area contributed by atoms with E-state index in [9.17, 15) is 0 Å². The fourth-order valence-corrected chi connectivity index (χ4v) is 7.46. The molecule has 0 fully saturated rings. The lowest BCUT2D eigenvalue weighted by Gasteiger charge is -2.26. The van der Waals surface area contributed by atoms with Crippen LogP contribution in [0.3, 0.4) is 0 Å². The molecule has 0 aliphatic rings. The summed E-state index contributed by atoms with van der Waals surface area (Å²) in [6, 6.07) is 60.5. The summed E-state index contributed by atoms with van der Waals surface area (Å²) in [5, 5.41) is 6.01. The van der Waals surface area contributed by atoms with Crippen LogP contribution in [0.15, 0.2) is 170 Å². The van der Waals surface area contributed by atoms with E-state index in [2.05, 4.69) is 184 Å². The molecule has 10 rings (SSSR count). The molecule has 3 heterocycles. The minimum absolute atomic E-state index is 0.978. The number of para-hydroxylation sites is 4. The molecule has 0 N–H and O–H groups in total. The number of aromatic nitrogens is 3. The Hall–Kier alpha value is -6.39. The third kappa shape index (κ3) is 3.79. The van der Waals surface area contributed by atoms with Crippen molar-refractivity contribution in [3.8, 4) is 5.69 Å². The molecular formula is C43H28N4. The van der Waals surface area contributed by atoms with Crippen LogP contribution in [0, 0.1) is 0 Å². The lowest BCUT2D eigenvalue weighted by molar-refractivity contribution is 1.17. The van der Waals surface area contributed by atoms with E-state index in [1.165, 1.54) is 21.5 Å². The van der Waals surface area contributed by atoms with Gasteiger partial charge in [0.05, 0.1) is 22.1 Å². The van der Waals surface area contributed by atoms with Crippen LogP contribution in [-0.4, -0.2) is 14.0 Å². The van der Waals surface area contributed by atoms with E-state index in [1.807, 2.05) is 0 Å². The molecule has 0 bridgehead atoms. The molecule has 0 saturated carbocycles. The van der Waals surface area contributed by atoms with Gasteiger partial charge in [0.25, 0.3) is 0 Å². The molecule has 10 aromatic rings. The first-order chi connectivity index (χ1) is 23.3. The normalized spacial score (nSPS) is 11.8. The highest BCUT2D eigenvalue weighted by Crippen LogP contribution is 2.41. The first-order valence-corrected chi connectivity index (χ1v) is 16.0. The second-order valence-corrected chi connectivity index (χ2v) is 12.0. The second-order valence-electron chi connectivity index (χ2n) is 12.0. The second kappa shape index (κ2) is 10.1. The van der Waals surface area contributed by atoms with Gasteiger partial charge in [-0.15, -0.1) is 0 Å². The van der Waals surface area contributed by atoms with E-state index < -0.39 is 0 Å². The number of imidazole rings is 1. The number of pyridine rings is 1. The van der Waals surface area contributed by atoms with Crippen molar-refractivity contribution in [1.82, 2.24) is 14.0 Å². The molecule has 0 atom stereocenters. The Morgan fingerprint density at radius 2 is 0.979 bits per heavy atom. The van der Waals surface area contributed by atoms with Crippen molar-refractivity contribution in [1.29, 1.82) is 0 Å². The Balaban J connectivity index is 1.31. The Bertz CT molecular complexity index is 2750. The van der Waals surface area contributed by atoms with E-state index >= 15 is 0 Å². The van der Waals surface area contributed by atoms with E-state index in [1.54, 1.807) is 0 Å². The summed E-state index contributed by atoms with van der Waals surface area (Å²) in [6.45, 7) is 0. The first kappa shape index (κ1) is 25.9. The number of hydrogen-bond donors (Lipinski definition) is 0. The third-order valence-corrected chi connectivity index (χ3v) is 9.44. The fraction of sp³-hybridized carbons (Fsp3) is 0. The maximum absolute atomic E-state index is 5.49. The number of hydrogen-bond acceptors (Lipinski definition) is 2. The molecule has 0 amide bonds. The van der Waals surface area contributed by atoms with Crippen LogP contribution in [0.5, 0.6) is 0 Å². The van der Waals surface area contributed by atoms with Gasteiger partial charge in [0.1, 0.15) is 11.2 Å². The summed E-state index contributed by atoms with van der Waals surface area (Å²) in [5.74, 6) is 0. The van der Waals surface area contributed by atoms with E-state index in [-0.39, 0.29) is 0 Å². The third-order valence-electron chi connectivity index (χ3n) is 9.44. The van der Waals surface area contributed by atoms with Crippen molar-refractivity contribution in [2.24, 2.45) is 0 Å². The van der Waals surface area contributed by atoms with Gasteiger partial charge in [-0.05, 0) is 72.1 Å². The van der Waals surface area contributed by atoms with Gasteiger partial charge in [0, 0.05) is 44.3 Å². The molecule has 3 aromatic heterocycles. The minimum Gasteiger partial charge on any atom is -0.310 e. The topological polar surface area (TPSA) is 25.5 Å². The number of anilines is 3. The molecule has 47 heavy (non-hydrogen) atoms. The smallest absolute Gasteiger partial charge is 0.146 e. The van der Waals surface area contributed by atoms with Crippen LogP contribution < -0.4 is 4.90 Å². The molecule has 0 saturated heterocycles. The lowest BCUT2D eigenvalue weighted by Crippen LogP contribution is -2.10. The summed E-state index contributed by atoms with van der Waals surface area (Å²) >= 11 is 0. The van der Waals surface area contributed by atoms with E-state index in [4.69, 9.17) is 4.98 Å². The van der Waals surface area contributed by atoms with Gasteiger partial charge in [-0.25, -0.2) is 4.98 Å². The number of nitrogens with zero attached hydrogens (tertiary/aromatic N) is 4. The van der Waals surface area contributed by atoms with Crippen LogP contribution >= 0.6 is 0 Å². The largest absolute Gasteiger partial charge is 0.310 e. The van der Waals surface area contributed by atoms with Crippen molar-refractivity contribution in [2.45, 2.75) is 0 Å². The molecule has 0 aliphatic heterocycles. The standard InChI is InChI=1S/C43H28N4/c1-3-14-29(15-4-1)45(30-16-5-2-6-17-30)31-18-13-19-32(28-31)46-38-24-11-10-22-35(38)36-26-27-40-41(42(36)46)44-43-37-23-8-7-20-33(37)34-21-9-12-25-39(34)47(40)43/h1-28H. The van der Waals surface area contributed by atoms with E-state index in [0.717, 1.165) is 61.4 Å². The zero-order valence-corrected chi connectivity index (χ0v) is 25.5. The van der Waals surface area contributed by atoms with Gasteiger partial charge in [0.15, 0.2) is 0 Å². The number of benzene rings is 7. The number of rotatable bonds is 4. The molecule has 220 valence electrons. The zero-order valence-electron chi connectivity index (χ0n) is 25.5. The van der Waals surface area contributed by atoms with Gasteiger partial charge in [0.2, 0.25) is 0 Å². The van der Waals surface area contributed by atoms with Crippen molar-refractivity contribution < 1.29 is 0 Å². The van der Waals surface area contributed by atoms with Crippen LogP contribution in [0.2, 0.25) is 0 Å². The summed E-state index contributed by atoms with van der Waals surface area (Å²) in [5.41, 5.74) is 10.9. The minimum atomic E-state index is 0.978. The summed E-state index contributed by atoms with van der Waals surface area (Å²) in [6.07, 6.45) is 0. The van der Waals surface area contributed by atoms with Gasteiger partial charge in [-0.3, -0.25) is 4.40 Å². The average molecular weight is 601 g/mol. The summed E-state index contributed by atoms with van der Waals surface area (Å²) < 4.78 is 4.75. The molecular weight excluding hydrogens is 573 g/mol. The Morgan fingerprint density at radius 3 is 1.70 bits per heavy atom. The molecule has 4 nitrogen and oxygen atoms in total. The van der Waals surface area contributed by atoms with Crippen molar-refractivity contribution in [3.05, 3.63) is 170 Å². The average Bonchev–Trinajstić information content (AvgIpc) is 3.70. The number of fused-ring (bicyclic) bond motifs is 12. The SMILES string of the molecule is c1ccc(N(c2ccccc2)c2cccc(-n3c4ccccc4c4ccc5c(nc6c7ccccc7c7ccccc7n56)c43)c2)cc1. The van der Waals surface area contributed by atoms with Gasteiger partial charge >= 0.3 is 0 Å². The maximum Gasteiger partial charge on any atom is 0.146 e. The van der Waals surface area contributed by atoms with Gasteiger partial charge < -0.3 is 9.47 Å². The van der Waals surface area contributed by atoms with Crippen molar-refractivity contribution in [2.75, 3.05) is 4.90 Å². The lowest BCUT2D eigenvalue weighted by atomic mass is 10.1. The highest BCUT2D eigenvalue weighted by atomic mass is 15.1. The zero-order chi connectivity index (χ0) is 30.9. The van der Waals surface area contributed by atoms with Crippen molar-refractivity contribution in [3.63, 3.8) is 0 Å². The molecule has 0 aliphatic carbocycles. The predicted octanol–water partition coefficient (Wildman–Crippen LogP) is 11.4. The fourth-order valence-electron chi connectivity index (χ4n) is 7.46. The van der Waals surface area contributed by atoms with Gasteiger partial charge in [-0.1, -0.05) is 103 Å². The molecule has 7 aromatic carbocycles. The van der Waals surface area contributed by atoms with Crippen LogP contribution in [0.4, 0.5) is 17.1 Å². The van der Waals surface area contributed by atoms with Crippen LogP contribution in [0.1, 0.15) is 0 Å².